The van der Waals surface area contributed by atoms with E-state index in [9.17, 15) is 14.0 Å². The summed E-state index contributed by atoms with van der Waals surface area (Å²) in [4.78, 5) is 23.6. The van der Waals surface area contributed by atoms with Gasteiger partial charge >= 0.3 is 0 Å². The highest BCUT2D eigenvalue weighted by Gasteiger charge is 2.17. The zero-order chi connectivity index (χ0) is 20.1. The van der Waals surface area contributed by atoms with E-state index in [2.05, 4.69) is 22.1 Å². The number of nitrogens with zero attached hydrogens (tertiary/aromatic N) is 3. The van der Waals surface area contributed by atoms with Gasteiger partial charge in [-0.05, 0) is 35.7 Å². The first-order valence-electron chi connectivity index (χ1n) is 8.09. The van der Waals surface area contributed by atoms with Crippen molar-refractivity contribution in [3.05, 3.63) is 59.7 Å². The number of thioether (sulfide) groups is 1. The molecule has 3 aromatic rings. The van der Waals surface area contributed by atoms with Crippen molar-refractivity contribution in [3.8, 4) is 11.4 Å². The van der Waals surface area contributed by atoms with Crippen molar-refractivity contribution >= 4 is 39.9 Å². The number of aromatic nitrogens is 3. The Kier molecular flexibility index (Phi) is 6.22. The van der Waals surface area contributed by atoms with E-state index < -0.39 is 5.91 Å². The van der Waals surface area contributed by atoms with Gasteiger partial charge in [0.1, 0.15) is 10.8 Å². The molecule has 0 saturated heterocycles. The molecular formula is C18H16FN5O2S2. The van der Waals surface area contributed by atoms with E-state index in [4.69, 9.17) is 5.73 Å². The van der Waals surface area contributed by atoms with E-state index in [1.54, 1.807) is 34.2 Å². The molecule has 3 N–H and O–H groups in total. The fourth-order valence-corrected chi connectivity index (χ4v) is 3.95. The largest absolute Gasteiger partial charge is 0.366 e. The van der Waals surface area contributed by atoms with Crippen LogP contribution in [0, 0.1) is 5.82 Å². The van der Waals surface area contributed by atoms with Gasteiger partial charge in [0.15, 0.2) is 11.0 Å². The Hall–Kier alpha value is -2.98. The number of hydrogen-bond acceptors (Lipinski definition) is 6. The lowest BCUT2D eigenvalue weighted by atomic mass is 10.2. The van der Waals surface area contributed by atoms with Crippen molar-refractivity contribution < 1.29 is 14.0 Å². The van der Waals surface area contributed by atoms with Gasteiger partial charge in [-0.2, -0.15) is 0 Å². The number of allylic oxidation sites excluding steroid dienone is 1. The predicted octanol–water partition coefficient (Wildman–Crippen LogP) is 3.16. The second kappa shape index (κ2) is 8.81. The maximum Gasteiger partial charge on any atom is 0.251 e. The Balaban J connectivity index is 1.72. The van der Waals surface area contributed by atoms with Crippen molar-refractivity contribution in [2.45, 2.75) is 11.7 Å². The number of thiophene rings is 1. The lowest BCUT2D eigenvalue weighted by molar-refractivity contribution is -0.113. The Morgan fingerprint density at radius 1 is 1.29 bits per heavy atom. The molecule has 2 amide bonds. The summed E-state index contributed by atoms with van der Waals surface area (Å²) in [5, 5.41) is 13.6. The molecule has 0 spiro atoms. The number of amides is 2. The Bertz CT molecular complexity index is 1010. The lowest BCUT2D eigenvalue weighted by Gasteiger charge is -2.08. The van der Waals surface area contributed by atoms with Gasteiger partial charge in [0.05, 0.1) is 11.3 Å². The molecule has 3 rings (SSSR count). The summed E-state index contributed by atoms with van der Waals surface area (Å²) in [5.41, 5.74) is 6.26. The molecule has 144 valence electrons. The first kappa shape index (κ1) is 19.8. The normalized spacial score (nSPS) is 10.6. The minimum atomic E-state index is -0.598. The molecule has 28 heavy (non-hydrogen) atoms. The molecule has 0 saturated carbocycles. The molecule has 0 unspecified atom stereocenters. The molecule has 0 aliphatic rings. The highest BCUT2D eigenvalue weighted by atomic mass is 32.2. The fourth-order valence-electron chi connectivity index (χ4n) is 2.39. The standard InChI is InChI=1S/C18H16FN5O2S2/c1-2-8-24-16(11-3-5-12(19)6-4-11)22-23-18(24)28-10-14(25)21-17-13(15(20)26)7-9-27-17/h2-7,9H,1,8,10H2,(H2,20,26)(H,21,25). The third kappa shape index (κ3) is 4.46. The molecule has 2 aromatic heterocycles. The SMILES string of the molecule is C=CCn1c(SCC(=O)Nc2sccc2C(N)=O)nnc1-c1ccc(F)cc1. The van der Waals surface area contributed by atoms with Gasteiger partial charge in [-0.1, -0.05) is 17.8 Å². The summed E-state index contributed by atoms with van der Waals surface area (Å²) >= 11 is 2.42. The molecule has 0 radical (unpaired) electrons. The number of nitrogens with one attached hydrogen (secondary N) is 1. The van der Waals surface area contributed by atoms with E-state index in [1.807, 2.05) is 0 Å². The number of hydrogen-bond donors (Lipinski definition) is 2. The predicted molar refractivity (Wildman–Crippen MR) is 108 cm³/mol. The van der Waals surface area contributed by atoms with Crippen molar-refractivity contribution in [1.82, 2.24) is 14.8 Å². The molecule has 0 aliphatic heterocycles. The summed E-state index contributed by atoms with van der Waals surface area (Å²) in [6.45, 7) is 4.16. The Labute approximate surface area is 168 Å². The van der Waals surface area contributed by atoms with E-state index >= 15 is 0 Å². The van der Waals surface area contributed by atoms with Crippen molar-refractivity contribution in [3.63, 3.8) is 0 Å². The minimum Gasteiger partial charge on any atom is -0.366 e. The van der Waals surface area contributed by atoms with E-state index in [-0.39, 0.29) is 23.0 Å². The van der Waals surface area contributed by atoms with Crippen LogP contribution in [0.15, 0.2) is 53.5 Å². The number of halogens is 1. The summed E-state index contributed by atoms with van der Waals surface area (Å²) in [7, 11) is 0. The first-order valence-corrected chi connectivity index (χ1v) is 9.96. The maximum absolute atomic E-state index is 13.2. The van der Waals surface area contributed by atoms with Crippen LogP contribution >= 0.6 is 23.1 Å². The topological polar surface area (TPSA) is 103 Å². The number of benzene rings is 1. The van der Waals surface area contributed by atoms with Gasteiger partial charge in [0.25, 0.3) is 5.91 Å². The van der Waals surface area contributed by atoms with Crippen LogP contribution in [0.25, 0.3) is 11.4 Å². The summed E-state index contributed by atoms with van der Waals surface area (Å²) in [6, 6.07) is 7.48. The highest BCUT2D eigenvalue weighted by Crippen LogP contribution is 2.26. The third-order valence-electron chi connectivity index (χ3n) is 3.65. The molecule has 7 nitrogen and oxygen atoms in total. The van der Waals surface area contributed by atoms with Gasteiger partial charge in [0, 0.05) is 12.1 Å². The van der Waals surface area contributed by atoms with Crippen LogP contribution in [0.5, 0.6) is 0 Å². The number of rotatable bonds is 8. The highest BCUT2D eigenvalue weighted by molar-refractivity contribution is 7.99. The van der Waals surface area contributed by atoms with Crippen molar-refractivity contribution in [1.29, 1.82) is 0 Å². The van der Waals surface area contributed by atoms with Gasteiger partial charge in [-0.25, -0.2) is 4.39 Å². The van der Waals surface area contributed by atoms with E-state index in [0.717, 1.165) is 0 Å². The van der Waals surface area contributed by atoms with Crippen LogP contribution < -0.4 is 11.1 Å². The quantitative estimate of drug-likeness (QED) is 0.433. The Morgan fingerprint density at radius 3 is 2.71 bits per heavy atom. The molecule has 10 heteroatoms. The maximum atomic E-state index is 13.2. The molecule has 0 fully saturated rings. The van der Waals surface area contributed by atoms with Crippen LogP contribution in [0.4, 0.5) is 9.39 Å². The number of primary amides is 1. The van der Waals surface area contributed by atoms with Crippen molar-refractivity contribution in [2.24, 2.45) is 5.73 Å². The number of nitrogens with two attached hydrogens (primary N) is 1. The van der Waals surface area contributed by atoms with Crippen molar-refractivity contribution in [2.75, 3.05) is 11.1 Å². The third-order valence-corrected chi connectivity index (χ3v) is 5.44. The van der Waals surface area contributed by atoms with Gasteiger partial charge in [-0.3, -0.25) is 14.2 Å². The van der Waals surface area contributed by atoms with E-state index in [0.29, 0.717) is 28.1 Å². The molecular weight excluding hydrogens is 401 g/mol. The molecule has 2 heterocycles. The second-order valence-electron chi connectivity index (χ2n) is 5.58. The van der Waals surface area contributed by atoms with E-state index in [1.165, 1.54) is 35.2 Å². The average molecular weight is 417 g/mol. The average Bonchev–Trinajstić information content (AvgIpc) is 3.28. The fraction of sp³-hybridized carbons (Fsp3) is 0.111. The zero-order valence-corrected chi connectivity index (χ0v) is 16.2. The number of carbonyl (C=O) groups excluding carboxylic acids is 2. The molecule has 0 bridgehead atoms. The first-order chi connectivity index (χ1) is 13.5. The molecule has 0 aliphatic carbocycles. The summed E-state index contributed by atoms with van der Waals surface area (Å²) in [5.74, 6) is -0.620. The van der Waals surface area contributed by atoms with Crippen LogP contribution in [0.3, 0.4) is 0 Å². The van der Waals surface area contributed by atoms with Crippen LogP contribution in [0.1, 0.15) is 10.4 Å². The summed E-state index contributed by atoms with van der Waals surface area (Å²) in [6.07, 6.45) is 1.69. The van der Waals surface area contributed by atoms with Crippen LogP contribution in [-0.4, -0.2) is 32.3 Å². The monoisotopic (exact) mass is 417 g/mol. The Morgan fingerprint density at radius 2 is 2.04 bits per heavy atom. The minimum absolute atomic E-state index is 0.0643. The second-order valence-corrected chi connectivity index (χ2v) is 7.44. The van der Waals surface area contributed by atoms with Crippen LogP contribution in [-0.2, 0) is 11.3 Å². The van der Waals surface area contributed by atoms with Crippen LogP contribution in [0.2, 0.25) is 0 Å². The zero-order valence-electron chi connectivity index (χ0n) is 14.6. The molecule has 1 aromatic carbocycles. The van der Waals surface area contributed by atoms with Gasteiger partial charge < -0.3 is 11.1 Å². The number of anilines is 1. The lowest BCUT2D eigenvalue weighted by Crippen LogP contribution is -2.18. The van der Waals surface area contributed by atoms with Gasteiger partial charge in [0.2, 0.25) is 5.91 Å². The number of carbonyl (C=O) groups is 2. The smallest absolute Gasteiger partial charge is 0.251 e. The molecule has 0 atom stereocenters. The van der Waals surface area contributed by atoms with Gasteiger partial charge in [-0.15, -0.1) is 28.1 Å². The summed E-state index contributed by atoms with van der Waals surface area (Å²) < 4.78 is 15.0.